The zero-order valence-electron chi connectivity index (χ0n) is 9.49. The maximum atomic E-state index is 11.8. The molecule has 1 heterocycles. The van der Waals surface area contributed by atoms with Crippen LogP contribution in [0.3, 0.4) is 0 Å². The van der Waals surface area contributed by atoms with Gasteiger partial charge in [-0.1, -0.05) is 12.8 Å². The molecule has 0 atom stereocenters. The van der Waals surface area contributed by atoms with E-state index in [0.717, 1.165) is 30.6 Å². The topological polar surface area (TPSA) is 52.3 Å². The van der Waals surface area contributed by atoms with E-state index in [1.54, 1.807) is 11.3 Å². The van der Waals surface area contributed by atoms with Crippen molar-refractivity contribution in [3.05, 3.63) is 21.9 Å². The van der Waals surface area contributed by atoms with Crippen LogP contribution in [0.1, 0.15) is 47.8 Å². The summed E-state index contributed by atoms with van der Waals surface area (Å²) >= 11 is 1.57. The molecule has 1 aromatic rings. The highest BCUT2D eigenvalue weighted by atomic mass is 32.1. The molecule has 0 amide bonds. The van der Waals surface area contributed by atoms with E-state index in [4.69, 9.17) is 10.5 Å². The second-order valence-electron chi connectivity index (χ2n) is 4.25. The summed E-state index contributed by atoms with van der Waals surface area (Å²) in [4.78, 5) is 12.8. The molecular formula is C12H17NO2S. The Morgan fingerprint density at radius 3 is 2.88 bits per heavy atom. The van der Waals surface area contributed by atoms with Crippen LogP contribution in [0.25, 0.3) is 0 Å². The van der Waals surface area contributed by atoms with Crippen LogP contribution >= 0.6 is 11.3 Å². The normalized spacial score (nSPS) is 18.6. The Hall–Kier alpha value is -0.870. The Morgan fingerprint density at radius 2 is 2.25 bits per heavy atom. The summed E-state index contributed by atoms with van der Waals surface area (Å²) in [5, 5.41) is 1.93. The smallest absolute Gasteiger partial charge is 0.339 e. The average molecular weight is 239 g/mol. The molecule has 1 fully saturated rings. The molecule has 0 bridgehead atoms. The zero-order valence-corrected chi connectivity index (χ0v) is 10.3. The van der Waals surface area contributed by atoms with Crippen LogP contribution < -0.4 is 5.73 Å². The molecule has 0 saturated heterocycles. The fourth-order valence-electron chi connectivity index (χ4n) is 2.30. The third kappa shape index (κ3) is 1.99. The maximum Gasteiger partial charge on any atom is 0.339 e. The molecule has 0 unspecified atom stereocenters. The fraction of sp³-hybridized carbons (Fsp3) is 0.583. The van der Waals surface area contributed by atoms with E-state index in [9.17, 15) is 4.79 Å². The second kappa shape index (κ2) is 4.55. The molecule has 2 N–H and O–H groups in total. The summed E-state index contributed by atoms with van der Waals surface area (Å²) in [5.74, 6) is -0.240. The van der Waals surface area contributed by atoms with Gasteiger partial charge < -0.3 is 10.5 Å². The van der Waals surface area contributed by atoms with Crippen LogP contribution in [-0.2, 0) is 10.3 Å². The van der Waals surface area contributed by atoms with Crippen molar-refractivity contribution in [1.29, 1.82) is 0 Å². The molecular weight excluding hydrogens is 222 g/mol. The highest BCUT2D eigenvalue weighted by Crippen LogP contribution is 2.40. The molecule has 0 radical (unpaired) electrons. The molecule has 0 aliphatic heterocycles. The Kier molecular flexibility index (Phi) is 3.30. The Balaban J connectivity index is 2.28. The van der Waals surface area contributed by atoms with Gasteiger partial charge in [0.05, 0.1) is 17.7 Å². The molecule has 16 heavy (non-hydrogen) atoms. The van der Waals surface area contributed by atoms with Gasteiger partial charge in [0, 0.05) is 4.88 Å². The van der Waals surface area contributed by atoms with Crippen LogP contribution in [0.15, 0.2) is 11.4 Å². The van der Waals surface area contributed by atoms with E-state index in [1.165, 1.54) is 0 Å². The number of hydrogen-bond donors (Lipinski definition) is 1. The first-order valence-corrected chi connectivity index (χ1v) is 6.59. The summed E-state index contributed by atoms with van der Waals surface area (Å²) in [6, 6.07) is 1.82. The second-order valence-corrected chi connectivity index (χ2v) is 5.16. The van der Waals surface area contributed by atoms with Gasteiger partial charge in [-0.05, 0) is 31.2 Å². The number of carbonyl (C=O) groups excluding carboxylic acids is 1. The fourth-order valence-corrected chi connectivity index (χ4v) is 3.35. The first kappa shape index (κ1) is 11.6. The van der Waals surface area contributed by atoms with E-state index in [1.807, 2.05) is 18.4 Å². The number of nitrogens with two attached hydrogens (primary N) is 1. The van der Waals surface area contributed by atoms with E-state index >= 15 is 0 Å². The lowest BCUT2D eigenvalue weighted by Gasteiger charge is -2.23. The summed E-state index contributed by atoms with van der Waals surface area (Å²) in [6.45, 7) is 2.23. The van der Waals surface area contributed by atoms with Crippen molar-refractivity contribution in [1.82, 2.24) is 0 Å². The van der Waals surface area contributed by atoms with Gasteiger partial charge in [0.1, 0.15) is 0 Å². The van der Waals surface area contributed by atoms with Crippen LogP contribution in [0.5, 0.6) is 0 Å². The van der Waals surface area contributed by atoms with Crippen molar-refractivity contribution in [3.8, 4) is 0 Å². The molecule has 0 spiro atoms. The third-order valence-corrected chi connectivity index (χ3v) is 4.24. The minimum Gasteiger partial charge on any atom is -0.462 e. The molecule has 2 rings (SSSR count). The first-order chi connectivity index (χ1) is 7.67. The number of esters is 1. The van der Waals surface area contributed by atoms with E-state index in [2.05, 4.69) is 0 Å². The lowest BCUT2D eigenvalue weighted by molar-refractivity contribution is 0.0524. The summed E-state index contributed by atoms with van der Waals surface area (Å²) < 4.78 is 5.04. The molecule has 1 aliphatic rings. The monoisotopic (exact) mass is 239 g/mol. The number of rotatable bonds is 3. The number of ether oxygens (including phenoxy) is 1. The van der Waals surface area contributed by atoms with Gasteiger partial charge in [0.15, 0.2) is 0 Å². The molecule has 88 valence electrons. The predicted molar refractivity (Wildman–Crippen MR) is 64.6 cm³/mol. The van der Waals surface area contributed by atoms with Gasteiger partial charge in [-0.2, -0.15) is 0 Å². The predicted octanol–water partition coefficient (Wildman–Crippen LogP) is 2.65. The van der Waals surface area contributed by atoms with Crippen LogP contribution in [0, 0.1) is 0 Å². The van der Waals surface area contributed by atoms with E-state index in [0.29, 0.717) is 12.2 Å². The van der Waals surface area contributed by atoms with Crippen LogP contribution in [0.2, 0.25) is 0 Å². The summed E-state index contributed by atoms with van der Waals surface area (Å²) in [5.41, 5.74) is 6.73. The Labute approximate surface area is 99.6 Å². The SMILES string of the molecule is CCOC(=O)c1ccsc1C1(N)CCCC1. The summed E-state index contributed by atoms with van der Waals surface area (Å²) in [7, 11) is 0. The number of thiophene rings is 1. The van der Waals surface area contributed by atoms with Gasteiger partial charge >= 0.3 is 5.97 Å². The van der Waals surface area contributed by atoms with Crippen LogP contribution in [0.4, 0.5) is 0 Å². The van der Waals surface area contributed by atoms with Crippen molar-refractivity contribution >= 4 is 17.3 Å². The number of carbonyl (C=O) groups is 1. The van der Waals surface area contributed by atoms with Gasteiger partial charge in [0.2, 0.25) is 0 Å². The standard InChI is InChI=1S/C12H17NO2S/c1-2-15-11(14)9-5-8-16-10(9)12(13)6-3-4-7-12/h5,8H,2-4,6-7,13H2,1H3. The van der Waals surface area contributed by atoms with E-state index in [-0.39, 0.29) is 11.5 Å². The molecule has 4 heteroatoms. The van der Waals surface area contributed by atoms with Crippen molar-refractivity contribution in [2.75, 3.05) is 6.61 Å². The lowest BCUT2D eigenvalue weighted by Crippen LogP contribution is -2.33. The van der Waals surface area contributed by atoms with Crippen molar-refractivity contribution in [2.45, 2.75) is 38.1 Å². The van der Waals surface area contributed by atoms with E-state index < -0.39 is 0 Å². The maximum absolute atomic E-state index is 11.8. The average Bonchev–Trinajstić information content (AvgIpc) is 2.86. The highest BCUT2D eigenvalue weighted by molar-refractivity contribution is 7.10. The molecule has 3 nitrogen and oxygen atoms in total. The van der Waals surface area contributed by atoms with Gasteiger partial charge in [-0.15, -0.1) is 11.3 Å². The van der Waals surface area contributed by atoms with Gasteiger partial charge in [-0.25, -0.2) is 4.79 Å². The van der Waals surface area contributed by atoms with Crippen molar-refractivity contribution < 1.29 is 9.53 Å². The minimum atomic E-state index is -0.295. The first-order valence-electron chi connectivity index (χ1n) is 5.71. The summed E-state index contributed by atoms with van der Waals surface area (Å²) in [6.07, 6.45) is 4.24. The lowest BCUT2D eigenvalue weighted by atomic mass is 9.94. The highest BCUT2D eigenvalue weighted by Gasteiger charge is 2.35. The minimum absolute atomic E-state index is 0.240. The molecule has 1 aromatic heterocycles. The van der Waals surface area contributed by atoms with Gasteiger partial charge in [0.25, 0.3) is 0 Å². The Bertz CT molecular complexity index is 380. The van der Waals surface area contributed by atoms with Crippen molar-refractivity contribution in [3.63, 3.8) is 0 Å². The molecule has 1 saturated carbocycles. The van der Waals surface area contributed by atoms with Gasteiger partial charge in [-0.3, -0.25) is 0 Å². The largest absolute Gasteiger partial charge is 0.462 e. The zero-order chi connectivity index (χ0) is 11.6. The quantitative estimate of drug-likeness (QED) is 0.825. The molecule has 1 aliphatic carbocycles. The number of hydrogen-bond acceptors (Lipinski definition) is 4. The Morgan fingerprint density at radius 1 is 1.56 bits per heavy atom. The van der Waals surface area contributed by atoms with Crippen molar-refractivity contribution in [2.24, 2.45) is 5.73 Å². The third-order valence-electron chi connectivity index (χ3n) is 3.11. The van der Waals surface area contributed by atoms with Crippen LogP contribution in [-0.4, -0.2) is 12.6 Å². The molecule has 0 aromatic carbocycles.